The van der Waals surface area contributed by atoms with Crippen LogP contribution in [0.1, 0.15) is 103 Å². The average molecular weight is 1050 g/mol. The van der Waals surface area contributed by atoms with E-state index in [4.69, 9.17) is 56.8 Å². The zero-order valence-corrected chi connectivity index (χ0v) is 42.2. The molecule has 0 saturated heterocycles. The lowest BCUT2D eigenvalue weighted by atomic mass is 9.82. The molecule has 0 aromatic heterocycles. The molecule has 0 bridgehead atoms. The third kappa shape index (κ3) is 21.2. The topological polar surface area (TPSA) is 264 Å². The molecule has 1 fully saturated rings. The summed E-state index contributed by atoms with van der Waals surface area (Å²) in [5.41, 5.74) is -0.301. The molecule has 0 radical (unpaired) electrons. The van der Waals surface area contributed by atoms with Crippen molar-refractivity contribution in [3.8, 4) is 28.7 Å². The molecular formula is C54H62O21. The monoisotopic (exact) mass is 1050 g/mol. The van der Waals surface area contributed by atoms with Crippen molar-refractivity contribution in [3.05, 3.63) is 103 Å². The maximum atomic E-state index is 13.5. The van der Waals surface area contributed by atoms with Gasteiger partial charge in [0.05, 0.1) is 56.7 Å². The number of carbonyl (C=O) groups excluding carboxylic acids is 9. The molecule has 404 valence electrons. The lowest BCUT2D eigenvalue weighted by Crippen LogP contribution is -2.30. The van der Waals surface area contributed by atoms with Gasteiger partial charge in [0.15, 0.2) is 0 Å². The van der Waals surface area contributed by atoms with Crippen molar-refractivity contribution in [2.24, 2.45) is 11.8 Å². The molecule has 0 spiro atoms. The molecule has 1 atom stereocenters. The standard InChI is InChI=1S/C54H62O21/c1-6-46(55)67-27-11-10-26-66-39-18-16-38(17-19-39)52(61)75-45-23-21-41(33-43(45)54(63)69-31-29-65-9-4)73-51(60)37-14-12-36(13-15-37)50(59)72-40-20-22-44(42(32-40)53(62)68-30-28-64-8-3)74-49(58)25-24-48(57)70-34-35(5)71-47(56)7-2/h6-7,16-23,32-33,35-37H,1-2,8-15,24-31,34H2,3-5H3. The zero-order chi connectivity index (χ0) is 54.5. The molecule has 3 aromatic rings. The first-order valence-corrected chi connectivity index (χ1v) is 24.3. The van der Waals surface area contributed by atoms with Crippen LogP contribution in [-0.4, -0.2) is 119 Å². The van der Waals surface area contributed by atoms with E-state index in [0.29, 0.717) is 38.4 Å². The number of unbranched alkanes of at least 4 members (excludes halogenated alkanes) is 1. The number of rotatable bonds is 31. The van der Waals surface area contributed by atoms with Crippen molar-refractivity contribution >= 4 is 53.7 Å². The zero-order valence-electron chi connectivity index (χ0n) is 42.2. The van der Waals surface area contributed by atoms with Crippen molar-refractivity contribution in [2.75, 3.05) is 59.5 Å². The van der Waals surface area contributed by atoms with E-state index in [1.807, 2.05) is 0 Å². The molecule has 75 heavy (non-hydrogen) atoms. The number of carbonyl (C=O) groups is 9. The van der Waals surface area contributed by atoms with Crippen molar-refractivity contribution in [1.29, 1.82) is 0 Å². The normalized spacial score (nSPS) is 14.1. The van der Waals surface area contributed by atoms with Gasteiger partial charge in [0, 0.05) is 25.4 Å². The Balaban J connectivity index is 1.34. The molecular weight excluding hydrogens is 985 g/mol. The van der Waals surface area contributed by atoms with Gasteiger partial charge in [-0.3, -0.25) is 19.2 Å². The lowest BCUT2D eigenvalue weighted by Gasteiger charge is -2.26. The van der Waals surface area contributed by atoms with Crippen LogP contribution < -0.4 is 23.7 Å². The Bertz CT molecular complexity index is 2450. The second kappa shape index (κ2) is 32.3. The first kappa shape index (κ1) is 59.7. The number of benzene rings is 3. The molecule has 1 unspecified atom stereocenters. The van der Waals surface area contributed by atoms with Crippen LogP contribution in [0.4, 0.5) is 0 Å². The van der Waals surface area contributed by atoms with Crippen LogP contribution in [0.5, 0.6) is 28.7 Å². The third-order valence-corrected chi connectivity index (χ3v) is 10.7. The lowest BCUT2D eigenvalue weighted by molar-refractivity contribution is -0.155. The molecule has 0 heterocycles. The van der Waals surface area contributed by atoms with Gasteiger partial charge in [-0.05, 0) is 120 Å². The first-order chi connectivity index (χ1) is 36.1. The average Bonchev–Trinajstić information content (AvgIpc) is 3.41. The summed E-state index contributed by atoms with van der Waals surface area (Å²) in [5, 5.41) is 0. The largest absolute Gasteiger partial charge is 0.494 e. The fourth-order valence-corrected chi connectivity index (χ4v) is 6.85. The highest BCUT2D eigenvalue weighted by Crippen LogP contribution is 2.34. The van der Waals surface area contributed by atoms with Gasteiger partial charge in [-0.1, -0.05) is 13.2 Å². The van der Waals surface area contributed by atoms with Crippen LogP contribution in [0.2, 0.25) is 0 Å². The van der Waals surface area contributed by atoms with Gasteiger partial charge in [-0.2, -0.15) is 0 Å². The minimum Gasteiger partial charge on any atom is -0.494 e. The molecule has 1 aliphatic carbocycles. The molecule has 21 nitrogen and oxygen atoms in total. The van der Waals surface area contributed by atoms with Crippen molar-refractivity contribution in [1.82, 2.24) is 0 Å². The van der Waals surface area contributed by atoms with Gasteiger partial charge in [-0.15, -0.1) is 0 Å². The summed E-state index contributed by atoms with van der Waals surface area (Å²) in [4.78, 5) is 114. The van der Waals surface area contributed by atoms with Gasteiger partial charge in [0.25, 0.3) is 0 Å². The fraction of sp³-hybridized carbons (Fsp3) is 0.426. The molecule has 0 N–H and O–H groups in total. The van der Waals surface area contributed by atoms with E-state index >= 15 is 0 Å². The fourth-order valence-electron chi connectivity index (χ4n) is 6.85. The molecule has 4 rings (SSSR count). The van der Waals surface area contributed by atoms with E-state index < -0.39 is 78.1 Å². The maximum Gasteiger partial charge on any atom is 0.343 e. The number of hydrogen-bond acceptors (Lipinski definition) is 21. The Hall–Kier alpha value is -7.91. The Morgan fingerprint density at radius 2 is 1.03 bits per heavy atom. The van der Waals surface area contributed by atoms with Crippen molar-refractivity contribution in [3.63, 3.8) is 0 Å². The summed E-state index contributed by atoms with van der Waals surface area (Å²) in [5.74, 6) is -7.99. The summed E-state index contributed by atoms with van der Waals surface area (Å²) >= 11 is 0. The predicted molar refractivity (Wildman–Crippen MR) is 262 cm³/mol. The van der Waals surface area contributed by atoms with Gasteiger partial charge >= 0.3 is 53.7 Å². The highest BCUT2D eigenvalue weighted by atomic mass is 16.6. The molecule has 3 aromatic carbocycles. The van der Waals surface area contributed by atoms with Gasteiger partial charge < -0.3 is 56.8 Å². The Morgan fingerprint density at radius 1 is 0.533 bits per heavy atom. The quantitative estimate of drug-likeness (QED) is 0.0210. The number of esters is 9. The highest BCUT2D eigenvalue weighted by Gasteiger charge is 2.33. The SMILES string of the molecule is C=CC(=O)OCCCCOc1ccc(C(=O)Oc2ccc(OC(=O)C3CCC(C(=O)Oc4ccc(OC(=O)CCC(=O)OCC(C)OC(=O)C=C)c(C(=O)OCCOCC)c4)CC3)cc2C(=O)OCCOCC)cc1. The van der Waals surface area contributed by atoms with Crippen LogP contribution in [0.15, 0.2) is 86.0 Å². The third-order valence-electron chi connectivity index (χ3n) is 10.7. The van der Waals surface area contributed by atoms with Gasteiger partial charge in [0.1, 0.15) is 65.8 Å². The molecule has 21 heteroatoms. The van der Waals surface area contributed by atoms with E-state index in [2.05, 4.69) is 13.2 Å². The predicted octanol–water partition coefficient (Wildman–Crippen LogP) is 6.84. The summed E-state index contributed by atoms with van der Waals surface area (Å²) in [6.07, 6.45) is 2.60. The van der Waals surface area contributed by atoms with Gasteiger partial charge in [-0.25, -0.2) is 24.0 Å². The van der Waals surface area contributed by atoms with Crippen LogP contribution in [0.25, 0.3) is 0 Å². The Labute approximate surface area is 433 Å². The van der Waals surface area contributed by atoms with Crippen LogP contribution >= 0.6 is 0 Å². The van der Waals surface area contributed by atoms with E-state index in [9.17, 15) is 43.2 Å². The minimum atomic E-state index is -0.914. The highest BCUT2D eigenvalue weighted by molar-refractivity contribution is 5.97. The summed E-state index contributed by atoms with van der Waals surface area (Å²) in [6, 6.07) is 13.7. The summed E-state index contributed by atoms with van der Waals surface area (Å²) in [7, 11) is 0. The van der Waals surface area contributed by atoms with Crippen LogP contribution in [0.3, 0.4) is 0 Å². The van der Waals surface area contributed by atoms with Crippen molar-refractivity contribution < 1.29 is 100.0 Å². The van der Waals surface area contributed by atoms with E-state index in [-0.39, 0.29) is 111 Å². The van der Waals surface area contributed by atoms with E-state index in [1.54, 1.807) is 26.0 Å². The summed E-state index contributed by atoms with van der Waals surface area (Å²) in [6.45, 7) is 12.7. The second-order valence-electron chi connectivity index (χ2n) is 16.3. The smallest absolute Gasteiger partial charge is 0.343 e. The molecule has 1 saturated carbocycles. The number of ether oxygens (including phenoxy) is 12. The van der Waals surface area contributed by atoms with Crippen LogP contribution in [0, 0.1) is 11.8 Å². The van der Waals surface area contributed by atoms with Crippen molar-refractivity contribution in [2.45, 2.75) is 78.2 Å². The Kier molecular flexibility index (Phi) is 25.7. The summed E-state index contributed by atoms with van der Waals surface area (Å²) < 4.78 is 64.0. The van der Waals surface area contributed by atoms with E-state index in [1.165, 1.54) is 55.5 Å². The second-order valence-corrected chi connectivity index (χ2v) is 16.3. The first-order valence-electron chi connectivity index (χ1n) is 24.3. The van der Waals surface area contributed by atoms with Gasteiger partial charge in [0.2, 0.25) is 0 Å². The van der Waals surface area contributed by atoms with E-state index in [0.717, 1.165) is 12.2 Å². The minimum absolute atomic E-state index is 0.0299. The molecule has 1 aliphatic rings. The maximum absolute atomic E-state index is 13.5. The Morgan fingerprint density at radius 3 is 1.55 bits per heavy atom. The van der Waals surface area contributed by atoms with Crippen LogP contribution in [-0.2, 0) is 61.9 Å². The number of hydrogen-bond donors (Lipinski definition) is 0. The molecule has 0 aliphatic heterocycles. The molecule has 0 amide bonds.